The Balaban J connectivity index is 2.00. The fourth-order valence-electron chi connectivity index (χ4n) is 1.69. The van der Waals surface area contributed by atoms with Crippen LogP contribution in [0.3, 0.4) is 0 Å². The quantitative estimate of drug-likeness (QED) is 0.846. The molecule has 2 rings (SSSR count). The number of methoxy groups -OCH3 is 1. The summed E-state index contributed by atoms with van der Waals surface area (Å²) in [6.07, 6.45) is -0.629. The Kier molecular flexibility index (Phi) is 4.82. The number of thioether (sulfide) groups is 1. The number of ether oxygens (including phenoxy) is 1. The lowest BCUT2D eigenvalue weighted by Crippen LogP contribution is -2.00. The lowest BCUT2D eigenvalue weighted by molar-refractivity contribution is 0.204. The van der Waals surface area contributed by atoms with Crippen molar-refractivity contribution in [2.75, 3.05) is 12.9 Å². The Morgan fingerprint density at radius 2 is 1.84 bits per heavy atom. The van der Waals surface area contributed by atoms with E-state index >= 15 is 0 Å². The average Bonchev–Trinajstić information content (AvgIpc) is 2.45. The van der Waals surface area contributed by atoms with Crippen molar-refractivity contribution in [2.24, 2.45) is 0 Å². The maximum atomic E-state index is 12.8. The van der Waals surface area contributed by atoms with E-state index in [4.69, 9.17) is 4.74 Å². The highest BCUT2D eigenvalue weighted by Crippen LogP contribution is 2.31. The Morgan fingerprint density at radius 3 is 2.53 bits per heavy atom. The first-order chi connectivity index (χ1) is 9.20. The molecule has 0 heterocycles. The van der Waals surface area contributed by atoms with Crippen LogP contribution in [-0.4, -0.2) is 18.0 Å². The van der Waals surface area contributed by atoms with Gasteiger partial charge in [-0.25, -0.2) is 4.39 Å². The number of para-hydroxylation sites is 1. The van der Waals surface area contributed by atoms with Crippen molar-refractivity contribution in [3.63, 3.8) is 0 Å². The number of hydrogen-bond donors (Lipinski definition) is 1. The fraction of sp³-hybridized carbons (Fsp3) is 0.200. The van der Waals surface area contributed by atoms with E-state index in [1.54, 1.807) is 19.2 Å². The molecule has 0 amide bonds. The van der Waals surface area contributed by atoms with Gasteiger partial charge in [-0.05, 0) is 29.8 Å². The molecule has 0 aliphatic carbocycles. The van der Waals surface area contributed by atoms with Gasteiger partial charge in [0.05, 0.1) is 13.2 Å². The zero-order valence-electron chi connectivity index (χ0n) is 10.5. The zero-order chi connectivity index (χ0) is 13.7. The third-order valence-corrected chi connectivity index (χ3v) is 3.85. The van der Waals surface area contributed by atoms with Gasteiger partial charge in [0.25, 0.3) is 0 Å². The molecule has 2 nitrogen and oxygen atoms in total. The van der Waals surface area contributed by atoms with Crippen LogP contribution < -0.4 is 4.74 Å². The summed E-state index contributed by atoms with van der Waals surface area (Å²) < 4.78 is 18.0. The minimum Gasteiger partial charge on any atom is -0.496 e. The molecule has 0 bridgehead atoms. The molecule has 2 aromatic rings. The fourth-order valence-corrected chi connectivity index (χ4v) is 2.69. The minimum atomic E-state index is -0.629. The topological polar surface area (TPSA) is 29.5 Å². The Labute approximate surface area is 116 Å². The molecule has 1 unspecified atom stereocenters. The highest BCUT2D eigenvalue weighted by molar-refractivity contribution is 7.99. The lowest BCUT2D eigenvalue weighted by Gasteiger charge is -2.12. The molecular weight excluding hydrogens is 263 g/mol. The number of aliphatic hydroxyl groups excluding tert-OH is 1. The van der Waals surface area contributed by atoms with Gasteiger partial charge in [0.1, 0.15) is 11.6 Å². The molecule has 1 atom stereocenters. The molecule has 0 aliphatic rings. The average molecular weight is 278 g/mol. The molecule has 0 saturated carbocycles. The normalized spacial score (nSPS) is 12.2. The first-order valence-corrected chi connectivity index (χ1v) is 6.88. The highest BCUT2D eigenvalue weighted by Gasteiger charge is 2.10. The summed E-state index contributed by atoms with van der Waals surface area (Å²) in [6, 6.07) is 13.6. The van der Waals surface area contributed by atoms with E-state index in [1.807, 2.05) is 24.3 Å². The van der Waals surface area contributed by atoms with Gasteiger partial charge < -0.3 is 9.84 Å². The summed E-state index contributed by atoms with van der Waals surface area (Å²) >= 11 is 1.51. The summed E-state index contributed by atoms with van der Waals surface area (Å²) in [5.41, 5.74) is 0.712. The largest absolute Gasteiger partial charge is 0.496 e. The molecule has 0 aromatic heterocycles. The van der Waals surface area contributed by atoms with E-state index in [9.17, 15) is 9.50 Å². The van der Waals surface area contributed by atoms with Crippen LogP contribution in [0, 0.1) is 5.82 Å². The Bertz CT molecular complexity index is 528. The lowest BCUT2D eigenvalue weighted by atomic mass is 10.1. The second kappa shape index (κ2) is 6.59. The molecule has 0 fully saturated rings. The van der Waals surface area contributed by atoms with E-state index in [2.05, 4.69) is 0 Å². The third kappa shape index (κ3) is 3.72. The Morgan fingerprint density at radius 1 is 1.16 bits per heavy atom. The van der Waals surface area contributed by atoms with Crippen LogP contribution >= 0.6 is 11.8 Å². The minimum absolute atomic E-state index is 0.298. The second-order valence-electron chi connectivity index (χ2n) is 4.03. The first kappa shape index (κ1) is 13.9. The molecule has 19 heavy (non-hydrogen) atoms. The standard InChI is InChI=1S/C15H15FO2S/c1-18-14-4-2-3-5-15(14)19-10-13(17)11-6-8-12(16)9-7-11/h2-9,13,17H,10H2,1H3. The summed E-state index contributed by atoms with van der Waals surface area (Å²) in [5.74, 6) is 0.985. The van der Waals surface area contributed by atoms with Crippen LogP contribution in [-0.2, 0) is 0 Å². The summed E-state index contributed by atoms with van der Waals surface area (Å²) in [4.78, 5) is 0.978. The third-order valence-electron chi connectivity index (χ3n) is 2.72. The van der Waals surface area contributed by atoms with Crippen LogP contribution in [0.5, 0.6) is 5.75 Å². The summed E-state index contributed by atoms with van der Waals surface area (Å²) in [7, 11) is 1.62. The smallest absolute Gasteiger partial charge is 0.132 e. The Hall–Kier alpha value is -1.52. The first-order valence-electron chi connectivity index (χ1n) is 5.90. The highest BCUT2D eigenvalue weighted by atomic mass is 32.2. The monoisotopic (exact) mass is 278 g/mol. The second-order valence-corrected chi connectivity index (χ2v) is 5.09. The van der Waals surface area contributed by atoms with Gasteiger partial charge in [0.15, 0.2) is 0 Å². The van der Waals surface area contributed by atoms with E-state index in [-0.39, 0.29) is 5.82 Å². The molecule has 0 saturated heterocycles. The van der Waals surface area contributed by atoms with Gasteiger partial charge in [-0.15, -0.1) is 11.8 Å². The predicted octanol–water partition coefficient (Wildman–Crippen LogP) is 3.66. The van der Waals surface area contributed by atoms with E-state index in [0.717, 1.165) is 10.6 Å². The van der Waals surface area contributed by atoms with E-state index in [0.29, 0.717) is 11.3 Å². The van der Waals surface area contributed by atoms with Crippen molar-refractivity contribution in [1.29, 1.82) is 0 Å². The van der Waals surface area contributed by atoms with Gasteiger partial charge in [0.2, 0.25) is 0 Å². The van der Waals surface area contributed by atoms with Crippen molar-refractivity contribution >= 4 is 11.8 Å². The number of hydrogen-bond acceptors (Lipinski definition) is 3. The van der Waals surface area contributed by atoms with E-state index in [1.165, 1.54) is 23.9 Å². The van der Waals surface area contributed by atoms with Crippen LogP contribution in [0.25, 0.3) is 0 Å². The van der Waals surface area contributed by atoms with Gasteiger partial charge in [0, 0.05) is 10.6 Å². The molecule has 4 heteroatoms. The van der Waals surface area contributed by atoms with Crippen LogP contribution in [0.15, 0.2) is 53.4 Å². The summed E-state index contributed by atoms with van der Waals surface area (Å²) in [5, 5.41) is 10.1. The van der Waals surface area contributed by atoms with E-state index < -0.39 is 6.10 Å². The summed E-state index contributed by atoms with van der Waals surface area (Å²) in [6.45, 7) is 0. The SMILES string of the molecule is COc1ccccc1SCC(O)c1ccc(F)cc1. The van der Waals surface area contributed by atoms with Gasteiger partial charge in [-0.3, -0.25) is 0 Å². The molecule has 2 aromatic carbocycles. The van der Waals surface area contributed by atoms with Gasteiger partial charge in [-0.1, -0.05) is 24.3 Å². The zero-order valence-corrected chi connectivity index (χ0v) is 11.4. The predicted molar refractivity (Wildman–Crippen MR) is 75.1 cm³/mol. The van der Waals surface area contributed by atoms with Crippen LogP contribution in [0.1, 0.15) is 11.7 Å². The number of halogens is 1. The molecule has 0 spiro atoms. The maximum Gasteiger partial charge on any atom is 0.132 e. The van der Waals surface area contributed by atoms with Crippen molar-refractivity contribution in [3.05, 3.63) is 59.9 Å². The molecule has 100 valence electrons. The van der Waals surface area contributed by atoms with Crippen molar-refractivity contribution < 1.29 is 14.2 Å². The number of aliphatic hydroxyl groups is 1. The van der Waals surface area contributed by atoms with Crippen LogP contribution in [0.4, 0.5) is 4.39 Å². The molecular formula is C15H15FO2S. The molecule has 1 N–H and O–H groups in total. The van der Waals surface area contributed by atoms with Crippen molar-refractivity contribution in [1.82, 2.24) is 0 Å². The van der Waals surface area contributed by atoms with Crippen molar-refractivity contribution in [3.8, 4) is 5.75 Å². The number of benzene rings is 2. The number of rotatable bonds is 5. The van der Waals surface area contributed by atoms with Crippen LogP contribution in [0.2, 0.25) is 0 Å². The molecule has 0 aliphatic heterocycles. The maximum absolute atomic E-state index is 12.8. The van der Waals surface area contributed by atoms with Crippen molar-refractivity contribution in [2.45, 2.75) is 11.0 Å². The van der Waals surface area contributed by atoms with Gasteiger partial charge >= 0.3 is 0 Å². The van der Waals surface area contributed by atoms with Gasteiger partial charge in [-0.2, -0.15) is 0 Å². The molecule has 0 radical (unpaired) electrons.